The summed E-state index contributed by atoms with van der Waals surface area (Å²) in [6, 6.07) is 5.32. The van der Waals surface area contributed by atoms with Gasteiger partial charge < -0.3 is 14.2 Å². The van der Waals surface area contributed by atoms with E-state index in [4.69, 9.17) is 14.2 Å². The minimum Gasteiger partial charge on any atom is -0.493 e. The van der Waals surface area contributed by atoms with E-state index in [9.17, 15) is 4.79 Å². The lowest BCUT2D eigenvalue weighted by Gasteiger charge is -2.29. The van der Waals surface area contributed by atoms with Gasteiger partial charge in [-0.15, -0.1) is 0 Å². The van der Waals surface area contributed by atoms with E-state index in [0.29, 0.717) is 29.6 Å². The van der Waals surface area contributed by atoms with Gasteiger partial charge >= 0.3 is 0 Å². The zero-order valence-electron chi connectivity index (χ0n) is 12.7. The smallest absolute Gasteiger partial charge is 0.171 e. The van der Waals surface area contributed by atoms with E-state index in [1.165, 1.54) is 0 Å². The van der Waals surface area contributed by atoms with Crippen molar-refractivity contribution in [1.29, 1.82) is 0 Å². The van der Waals surface area contributed by atoms with Crippen molar-refractivity contribution < 1.29 is 19.0 Å². The maximum absolute atomic E-state index is 11.1. The van der Waals surface area contributed by atoms with Crippen molar-refractivity contribution in [2.75, 3.05) is 46.6 Å². The monoisotopic (exact) mass is 293 g/mol. The highest BCUT2D eigenvalue weighted by molar-refractivity contribution is 5.81. The lowest BCUT2D eigenvalue weighted by molar-refractivity contribution is 0.0282. The summed E-state index contributed by atoms with van der Waals surface area (Å²) in [7, 11) is 1.58. The van der Waals surface area contributed by atoms with Crippen LogP contribution in [0.3, 0.4) is 0 Å². The van der Waals surface area contributed by atoms with Crippen LogP contribution in [0.4, 0.5) is 0 Å². The van der Waals surface area contributed by atoms with Crippen LogP contribution in [0.2, 0.25) is 0 Å². The Balaban J connectivity index is 1.91. The predicted octanol–water partition coefficient (Wildman–Crippen LogP) is 1.85. The fourth-order valence-electron chi connectivity index (χ4n) is 2.44. The summed E-state index contributed by atoms with van der Waals surface area (Å²) in [5, 5.41) is 0. The molecule has 1 fully saturated rings. The SMILES string of the molecule is COc1cccc(C=O)c1OCC(C)CN1CCOCC1. The number of carbonyl (C=O) groups is 1. The molecule has 0 radical (unpaired) electrons. The van der Waals surface area contributed by atoms with Crippen molar-refractivity contribution in [2.24, 2.45) is 5.92 Å². The molecule has 2 rings (SSSR count). The predicted molar refractivity (Wildman–Crippen MR) is 80.3 cm³/mol. The van der Waals surface area contributed by atoms with Crippen molar-refractivity contribution in [2.45, 2.75) is 6.92 Å². The highest BCUT2D eigenvalue weighted by Gasteiger charge is 2.16. The van der Waals surface area contributed by atoms with Crippen LogP contribution in [0.1, 0.15) is 17.3 Å². The van der Waals surface area contributed by atoms with Gasteiger partial charge in [0.1, 0.15) is 0 Å². The molecule has 1 aliphatic heterocycles. The normalized spacial score (nSPS) is 17.2. The van der Waals surface area contributed by atoms with Crippen LogP contribution in [0.15, 0.2) is 18.2 Å². The first-order valence-corrected chi connectivity index (χ1v) is 7.29. The number of benzene rings is 1. The first-order chi connectivity index (χ1) is 10.2. The highest BCUT2D eigenvalue weighted by Crippen LogP contribution is 2.30. The molecule has 5 nitrogen and oxygen atoms in total. The van der Waals surface area contributed by atoms with E-state index in [2.05, 4.69) is 11.8 Å². The summed E-state index contributed by atoms with van der Waals surface area (Å²) in [6.07, 6.45) is 0.796. The summed E-state index contributed by atoms with van der Waals surface area (Å²) < 4.78 is 16.4. The highest BCUT2D eigenvalue weighted by atomic mass is 16.5. The Morgan fingerprint density at radius 2 is 2.14 bits per heavy atom. The number of hydrogen-bond donors (Lipinski definition) is 0. The number of aldehydes is 1. The number of carbonyl (C=O) groups excluding carboxylic acids is 1. The molecular weight excluding hydrogens is 270 g/mol. The number of rotatable bonds is 7. The van der Waals surface area contributed by atoms with Gasteiger partial charge in [0.15, 0.2) is 17.8 Å². The number of para-hydroxylation sites is 1. The van der Waals surface area contributed by atoms with Crippen LogP contribution in [0.5, 0.6) is 11.5 Å². The van der Waals surface area contributed by atoms with Gasteiger partial charge in [0, 0.05) is 25.6 Å². The molecule has 0 aliphatic carbocycles. The van der Waals surface area contributed by atoms with E-state index in [0.717, 1.165) is 39.1 Å². The second-order valence-corrected chi connectivity index (χ2v) is 5.33. The van der Waals surface area contributed by atoms with Crippen molar-refractivity contribution in [3.63, 3.8) is 0 Å². The molecule has 1 heterocycles. The van der Waals surface area contributed by atoms with Crippen LogP contribution in [0.25, 0.3) is 0 Å². The summed E-state index contributed by atoms with van der Waals surface area (Å²) in [5.74, 6) is 1.49. The fourth-order valence-corrected chi connectivity index (χ4v) is 2.44. The van der Waals surface area contributed by atoms with E-state index in [1.807, 2.05) is 0 Å². The maximum atomic E-state index is 11.1. The molecule has 0 spiro atoms. The van der Waals surface area contributed by atoms with Crippen molar-refractivity contribution in [1.82, 2.24) is 4.90 Å². The molecule has 1 aromatic carbocycles. The van der Waals surface area contributed by atoms with E-state index in [1.54, 1.807) is 25.3 Å². The van der Waals surface area contributed by atoms with Gasteiger partial charge in [-0.2, -0.15) is 0 Å². The Morgan fingerprint density at radius 3 is 2.81 bits per heavy atom. The third kappa shape index (κ3) is 4.44. The average Bonchev–Trinajstić information content (AvgIpc) is 2.53. The Kier molecular flexibility index (Phi) is 6.02. The second kappa shape index (κ2) is 8.00. The molecule has 5 heteroatoms. The molecule has 1 unspecified atom stereocenters. The van der Waals surface area contributed by atoms with Gasteiger partial charge in [-0.25, -0.2) is 0 Å². The Hall–Kier alpha value is -1.59. The molecule has 0 N–H and O–H groups in total. The van der Waals surface area contributed by atoms with Crippen LogP contribution in [0, 0.1) is 5.92 Å². The van der Waals surface area contributed by atoms with Gasteiger partial charge in [-0.05, 0) is 12.1 Å². The largest absolute Gasteiger partial charge is 0.493 e. The molecule has 0 bridgehead atoms. The topological polar surface area (TPSA) is 48.0 Å². The van der Waals surface area contributed by atoms with Gasteiger partial charge in [0.2, 0.25) is 0 Å². The Bertz CT molecular complexity index is 458. The molecule has 1 atom stereocenters. The summed E-state index contributed by atoms with van der Waals surface area (Å²) >= 11 is 0. The summed E-state index contributed by atoms with van der Waals surface area (Å²) in [5.41, 5.74) is 0.521. The van der Waals surface area contributed by atoms with Gasteiger partial charge in [-0.3, -0.25) is 9.69 Å². The van der Waals surface area contributed by atoms with Gasteiger partial charge in [0.05, 0.1) is 32.5 Å². The second-order valence-electron chi connectivity index (χ2n) is 5.33. The average molecular weight is 293 g/mol. The van der Waals surface area contributed by atoms with Gasteiger partial charge in [0.25, 0.3) is 0 Å². The zero-order chi connectivity index (χ0) is 15.1. The van der Waals surface area contributed by atoms with Crippen LogP contribution in [-0.2, 0) is 4.74 Å². The molecule has 0 amide bonds. The third-order valence-corrected chi connectivity index (χ3v) is 3.54. The minimum absolute atomic E-state index is 0.368. The lowest BCUT2D eigenvalue weighted by Crippen LogP contribution is -2.39. The molecule has 21 heavy (non-hydrogen) atoms. The van der Waals surface area contributed by atoms with E-state index in [-0.39, 0.29) is 0 Å². The number of hydrogen-bond acceptors (Lipinski definition) is 5. The molecular formula is C16H23NO4. The number of ether oxygens (including phenoxy) is 3. The molecule has 116 valence electrons. The quantitative estimate of drug-likeness (QED) is 0.718. The molecule has 1 aliphatic rings. The zero-order valence-corrected chi connectivity index (χ0v) is 12.7. The first kappa shape index (κ1) is 15.8. The molecule has 1 aromatic rings. The fraction of sp³-hybridized carbons (Fsp3) is 0.562. The van der Waals surface area contributed by atoms with Crippen LogP contribution in [-0.4, -0.2) is 57.8 Å². The third-order valence-electron chi connectivity index (χ3n) is 3.54. The van der Waals surface area contributed by atoms with E-state index < -0.39 is 0 Å². The Labute approximate surface area is 125 Å². The van der Waals surface area contributed by atoms with Crippen molar-refractivity contribution in [3.8, 4) is 11.5 Å². The molecule has 1 saturated heterocycles. The number of methoxy groups -OCH3 is 1. The summed E-state index contributed by atoms with van der Waals surface area (Å²) in [6.45, 7) is 7.21. The first-order valence-electron chi connectivity index (χ1n) is 7.29. The molecule has 0 saturated carbocycles. The lowest BCUT2D eigenvalue weighted by atomic mass is 10.1. The molecule has 0 aromatic heterocycles. The summed E-state index contributed by atoms with van der Waals surface area (Å²) in [4.78, 5) is 13.5. The van der Waals surface area contributed by atoms with E-state index >= 15 is 0 Å². The van der Waals surface area contributed by atoms with Crippen molar-refractivity contribution >= 4 is 6.29 Å². The maximum Gasteiger partial charge on any atom is 0.171 e. The van der Waals surface area contributed by atoms with Crippen molar-refractivity contribution in [3.05, 3.63) is 23.8 Å². The number of nitrogens with zero attached hydrogens (tertiary/aromatic N) is 1. The number of morpholine rings is 1. The van der Waals surface area contributed by atoms with Gasteiger partial charge in [-0.1, -0.05) is 13.0 Å². The standard InChI is InChI=1S/C16H23NO4/c1-13(10-17-6-8-20-9-7-17)12-21-16-14(11-18)4-3-5-15(16)19-2/h3-5,11,13H,6-10,12H2,1-2H3. The minimum atomic E-state index is 0.368. The Morgan fingerprint density at radius 1 is 1.38 bits per heavy atom. The van der Waals surface area contributed by atoms with Crippen LogP contribution < -0.4 is 9.47 Å². The van der Waals surface area contributed by atoms with Crippen LogP contribution >= 0.6 is 0 Å².